The van der Waals surface area contributed by atoms with Crippen molar-refractivity contribution in [3.63, 3.8) is 0 Å². The Morgan fingerprint density at radius 2 is 1.88 bits per heavy atom. The Balaban J connectivity index is 1.89. The van der Waals surface area contributed by atoms with Crippen molar-refractivity contribution in [2.45, 2.75) is 45.9 Å². The van der Waals surface area contributed by atoms with Gasteiger partial charge in [0, 0.05) is 11.1 Å². The Kier molecular flexibility index (Phi) is 8.72. The van der Waals surface area contributed by atoms with Gasteiger partial charge in [-0.05, 0) is 68.7 Å². The molecule has 1 aromatic heterocycles. The maximum atomic E-state index is 13.5. The molecule has 0 aliphatic rings. The van der Waals surface area contributed by atoms with Crippen LogP contribution in [0, 0.1) is 0 Å². The van der Waals surface area contributed by atoms with Crippen LogP contribution in [0.15, 0.2) is 83.2 Å². The second kappa shape index (κ2) is 12.2. The van der Waals surface area contributed by atoms with E-state index in [9.17, 15) is 18.0 Å². The van der Waals surface area contributed by atoms with Gasteiger partial charge in [0.1, 0.15) is 0 Å². The first-order valence-electron chi connectivity index (χ1n) is 13.0. The summed E-state index contributed by atoms with van der Waals surface area (Å²) in [4.78, 5) is 18.0. The van der Waals surface area contributed by atoms with Crippen LogP contribution in [0.4, 0.5) is 13.2 Å². The Bertz CT molecular complexity index is 1610. The number of allylic oxidation sites excluding steroid dienone is 1. The van der Waals surface area contributed by atoms with Gasteiger partial charge in [-0.15, -0.1) is 6.58 Å². The minimum Gasteiger partial charge on any atom is -0.490 e. The predicted molar refractivity (Wildman–Crippen MR) is 151 cm³/mol. The SMILES string of the molecule is C=CCc1cc(C=Nn2c(-c3cccc(C(F)(F)F)c3)nc3ccccc3c2=O)cc(OCC)c1O[C@@H](C)CC. The molecule has 0 radical (unpaired) electrons. The number of benzene rings is 3. The molecule has 208 valence electrons. The van der Waals surface area contributed by atoms with Crippen molar-refractivity contribution in [2.24, 2.45) is 5.10 Å². The van der Waals surface area contributed by atoms with Gasteiger partial charge in [-0.3, -0.25) is 4.79 Å². The van der Waals surface area contributed by atoms with E-state index in [0.717, 1.165) is 28.8 Å². The Hall–Kier alpha value is -4.40. The van der Waals surface area contributed by atoms with Gasteiger partial charge < -0.3 is 9.47 Å². The fourth-order valence-corrected chi connectivity index (χ4v) is 4.12. The minimum absolute atomic E-state index is 0.0147. The van der Waals surface area contributed by atoms with Crippen LogP contribution in [0.1, 0.15) is 43.9 Å². The predicted octanol–water partition coefficient (Wildman–Crippen LogP) is 7.27. The average Bonchev–Trinajstić information content (AvgIpc) is 2.94. The van der Waals surface area contributed by atoms with Gasteiger partial charge in [0.05, 0.1) is 35.4 Å². The molecule has 1 heterocycles. The summed E-state index contributed by atoms with van der Waals surface area (Å²) in [5, 5.41) is 4.70. The number of aromatic nitrogens is 2. The standard InChI is InChI=1S/C31H30F3N3O3/c1-5-11-22-16-21(17-27(39-7-3)28(22)40-20(4)6-2)19-35-37-29(23-12-10-13-24(18-23)31(32,33)34)36-26-15-9-8-14-25(26)30(37)38/h5,8-10,12-20H,1,6-7,11H2,2-4H3/t20-/m0/s1. The summed E-state index contributed by atoms with van der Waals surface area (Å²) in [6.45, 7) is 10.1. The zero-order valence-corrected chi connectivity index (χ0v) is 22.5. The van der Waals surface area contributed by atoms with Crippen LogP contribution in [-0.2, 0) is 12.6 Å². The van der Waals surface area contributed by atoms with Crippen molar-refractivity contribution in [1.82, 2.24) is 9.66 Å². The summed E-state index contributed by atoms with van der Waals surface area (Å²) >= 11 is 0. The van der Waals surface area contributed by atoms with Crippen LogP contribution in [0.5, 0.6) is 11.5 Å². The van der Waals surface area contributed by atoms with Crippen molar-refractivity contribution >= 4 is 17.1 Å². The fraction of sp³-hybridized carbons (Fsp3) is 0.258. The van der Waals surface area contributed by atoms with E-state index in [-0.39, 0.29) is 22.9 Å². The molecule has 0 saturated carbocycles. The van der Waals surface area contributed by atoms with Gasteiger partial charge in [0.25, 0.3) is 5.56 Å². The highest BCUT2D eigenvalue weighted by Gasteiger charge is 2.31. The third-order valence-corrected chi connectivity index (χ3v) is 6.24. The molecule has 3 aromatic carbocycles. The van der Waals surface area contributed by atoms with Crippen LogP contribution in [0.25, 0.3) is 22.3 Å². The van der Waals surface area contributed by atoms with Crippen LogP contribution < -0.4 is 15.0 Å². The van der Waals surface area contributed by atoms with E-state index in [1.165, 1.54) is 18.3 Å². The normalized spacial score (nSPS) is 12.6. The molecule has 1 atom stereocenters. The van der Waals surface area contributed by atoms with E-state index in [2.05, 4.69) is 16.7 Å². The summed E-state index contributed by atoms with van der Waals surface area (Å²) in [7, 11) is 0. The molecule has 40 heavy (non-hydrogen) atoms. The van der Waals surface area contributed by atoms with Gasteiger partial charge in [0.15, 0.2) is 17.3 Å². The van der Waals surface area contributed by atoms with Crippen molar-refractivity contribution in [2.75, 3.05) is 6.61 Å². The lowest BCUT2D eigenvalue weighted by atomic mass is 10.1. The molecule has 9 heteroatoms. The molecule has 0 amide bonds. The van der Waals surface area contributed by atoms with Gasteiger partial charge in [-0.25, -0.2) is 4.98 Å². The number of nitrogens with zero attached hydrogens (tertiary/aromatic N) is 3. The highest BCUT2D eigenvalue weighted by Crippen LogP contribution is 2.35. The molecule has 0 unspecified atom stereocenters. The quantitative estimate of drug-likeness (QED) is 0.154. The third kappa shape index (κ3) is 6.25. The summed E-state index contributed by atoms with van der Waals surface area (Å²) in [5.74, 6) is 1.12. The number of para-hydroxylation sites is 1. The highest BCUT2D eigenvalue weighted by molar-refractivity contribution is 5.83. The molecule has 6 nitrogen and oxygen atoms in total. The first kappa shape index (κ1) is 28.6. The van der Waals surface area contributed by atoms with Crippen LogP contribution in [0.2, 0.25) is 0 Å². The Morgan fingerprint density at radius 3 is 2.58 bits per heavy atom. The van der Waals surface area contributed by atoms with Crippen molar-refractivity contribution in [3.05, 3.63) is 100 Å². The summed E-state index contributed by atoms with van der Waals surface area (Å²) in [6, 6.07) is 14.9. The lowest BCUT2D eigenvalue weighted by molar-refractivity contribution is -0.137. The monoisotopic (exact) mass is 549 g/mol. The smallest absolute Gasteiger partial charge is 0.416 e. The number of ether oxygens (including phenoxy) is 2. The second-order valence-electron chi connectivity index (χ2n) is 9.16. The van der Waals surface area contributed by atoms with Crippen LogP contribution >= 0.6 is 0 Å². The molecule has 0 aliphatic heterocycles. The Morgan fingerprint density at radius 1 is 1.10 bits per heavy atom. The van der Waals surface area contributed by atoms with Gasteiger partial charge >= 0.3 is 6.18 Å². The van der Waals surface area contributed by atoms with E-state index >= 15 is 0 Å². The summed E-state index contributed by atoms with van der Waals surface area (Å²) in [6.07, 6.45) is -0.0911. The molecular formula is C31H30F3N3O3. The minimum atomic E-state index is -4.56. The molecule has 0 bridgehead atoms. The van der Waals surface area contributed by atoms with E-state index in [4.69, 9.17) is 9.47 Å². The number of fused-ring (bicyclic) bond motifs is 1. The molecule has 0 spiro atoms. The maximum Gasteiger partial charge on any atom is 0.416 e. The Labute approximate surface area is 230 Å². The first-order valence-corrected chi connectivity index (χ1v) is 13.0. The molecule has 0 aliphatic carbocycles. The van der Waals surface area contributed by atoms with Gasteiger partial charge in [-0.1, -0.05) is 37.3 Å². The lowest BCUT2D eigenvalue weighted by Crippen LogP contribution is -2.20. The zero-order valence-electron chi connectivity index (χ0n) is 22.5. The van der Waals surface area contributed by atoms with Gasteiger partial charge in [-0.2, -0.15) is 22.9 Å². The lowest BCUT2D eigenvalue weighted by Gasteiger charge is -2.20. The summed E-state index contributed by atoms with van der Waals surface area (Å²) < 4.78 is 53.5. The molecule has 0 N–H and O–H groups in total. The number of rotatable bonds is 10. The maximum absolute atomic E-state index is 13.5. The largest absolute Gasteiger partial charge is 0.490 e. The molecular weight excluding hydrogens is 519 g/mol. The van der Waals surface area contributed by atoms with E-state index in [1.807, 2.05) is 26.8 Å². The molecule has 4 rings (SSSR count). The molecule has 0 saturated heterocycles. The number of alkyl halides is 3. The topological polar surface area (TPSA) is 65.7 Å². The number of hydrogen-bond donors (Lipinski definition) is 0. The van der Waals surface area contributed by atoms with Crippen molar-refractivity contribution in [3.8, 4) is 22.9 Å². The van der Waals surface area contributed by atoms with Crippen molar-refractivity contribution in [1.29, 1.82) is 0 Å². The third-order valence-electron chi connectivity index (χ3n) is 6.24. The number of hydrogen-bond acceptors (Lipinski definition) is 5. The first-order chi connectivity index (χ1) is 19.2. The number of halogens is 3. The zero-order chi connectivity index (χ0) is 28.9. The van der Waals surface area contributed by atoms with E-state index in [1.54, 1.807) is 36.4 Å². The highest BCUT2D eigenvalue weighted by atomic mass is 19.4. The van der Waals surface area contributed by atoms with E-state index < -0.39 is 17.3 Å². The van der Waals surface area contributed by atoms with Gasteiger partial charge in [0.2, 0.25) is 0 Å². The average molecular weight is 550 g/mol. The van der Waals surface area contributed by atoms with Crippen molar-refractivity contribution < 1.29 is 22.6 Å². The molecule has 0 fully saturated rings. The second-order valence-corrected chi connectivity index (χ2v) is 9.16. The van der Waals surface area contributed by atoms with Crippen LogP contribution in [-0.4, -0.2) is 28.6 Å². The van der Waals surface area contributed by atoms with Crippen LogP contribution in [0.3, 0.4) is 0 Å². The molecule has 4 aromatic rings. The van der Waals surface area contributed by atoms with E-state index in [0.29, 0.717) is 35.6 Å². The summed E-state index contributed by atoms with van der Waals surface area (Å²) in [5.41, 5.74) is 0.522. The fourth-order valence-electron chi connectivity index (χ4n) is 4.12.